The fourth-order valence-electron chi connectivity index (χ4n) is 14.4. The summed E-state index contributed by atoms with van der Waals surface area (Å²) in [5.41, 5.74) is 1.33. The normalized spacial score (nSPS) is 44.2. The molecule has 8 heteroatoms. The molecule has 5 fully saturated rings. The number of ether oxygens (including phenoxy) is 2. The number of allylic oxidation sites excluding steroid dienone is 2. The summed E-state index contributed by atoms with van der Waals surface area (Å²) in [4.78, 5) is 55.9. The highest BCUT2D eigenvalue weighted by atomic mass is 16.5. The number of hydrogen-bond acceptors (Lipinski definition) is 7. The summed E-state index contributed by atoms with van der Waals surface area (Å²) in [6, 6.07) is 5.64. The number of carbonyl (C=O) groups is 3. The molecule has 4 saturated carbocycles. The Morgan fingerprint density at radius 1 is 0.887 bits per heavy atom. The molecule has 8 rings (SSSR count). The standard InChI is InChI=1S/C45H64N2O6/c1-28(48)53-36-13-14-43(6)35(40(36,2)3)12-15-45(8)38(43)34(49)23-31-32-24-42(5,17-16-41(32,4)18-19-44(31,45)7)39(51)52-21-20-46-25-29-22-30(27-46)33-10-9-11-37(50)47(33)26-29/h9-11,23,29-30,32,35-36,38H,12-22,24-27H2,1-8H3/t29-,30+,32+,35+,36?,38-,41-,42?,43+,44-,45-/m1/s1. The predicted octanol–water partition coefficient (Wildman–Crippen LogP) is 7.72. The van der Waals surface area contributed by atoms with E-state index < -0.39 is 5.41 Å². The summed E-state index contributed by atoms with van der Waals surface area (Å²) in [5, 5.41) is 0. The second-order valence-corrected chi connectivity index (χ2v) is 20.8. The second-order valence-electron chi connectivity index (χ2n) is 20.8. The van der Waals surface area contributed by atoms with E-state index in [1.165, 1.54) is 12.5 Å². The van der Waals surface area contributed by atoms with Gasteiger partial charge >= 0.3 is 11.9 Å². The molecule has 8 nitrogen and oxygen atoms in total. The van der Waals surface area contributed by atoms with E-state index >= 15 is 0 Å². The summed E-state index contributed by atoms with van der Waals surface area (Å²) in [5.74, 6) is 1.15. The summed E-state index contributed by atoms with van der Waals surface area (Å²) in [6.45, 7) is 21.5. The topological polar surface area (TPSA) is 94.9 Å². The number of hydrogen-bond donors (Lipinski definition) is 0. The Balaban J connectivity index is 0.990. The van der Waals surface area contributed by atoms with E-state index in [-0.39, 0.29) is 68.3 Å². The largest absolute Gasteiger partial charge is 0.464 e. The van der Waals surface area contributed by atoms with Crippen molar-refractivity contribution in [3.05, 3.63) is 45.9 Å². The van der Waals surface area contributed by atoms with E-state index in [9.17, 15) is 19.2 Å². The first-order chi connectivity index (χ1) is 24.8. The third kappa shape index (κ3) is 5.51. The molecular formula is C45H64N2O6. The highest BCUT2D eigenvalue weighted by Crippen LogP contribution is 2.75. The van der Waals surface area contributed by atoms with Crippen molar-refractivity contribution in [3.63, 3.8) is 0 Å². The maximum atomic E-state index is 14.8. The molecule has 1 aromatic rings. The van der Waals surface area contributed by atoms with E-state index in [0.717, 1.165) is 89.5 Å². The first-order valence-corrected chi connectivity index (χ1v) is 20.9. The van der Waals surface area contributed by atoms with E-state index in [1.807, 2.05) is 10.6 Å². The molecule has 0 N–H and O–H groups in total. The Morgan fingerprint density at radius 3 is 2.40 bits per heavy atom. The first kappa shape index (κ1) is 37.2. The molecule has 7 aliphatic rings. The third-order valence-electron chi connectivity index (χ3n) is 17.5. The fraction of sp³-hybridized carbons (Fsp3) is 0.778. The highest BCUT2D eigenvalue weighted by Gasteiger charge is 2.70. The van der Waals surface area contributed by atoms with Crippen molar-refractivity contribution in [2.45, 2.75) is 138 Å². The van der Waals surface area contributed by atoms with Gasteiger partial charge in [-0.15, -0.1) is 0 Å². The predicted molar refractivity (Wildman–Crippen MR) is 204 cm³/mol. The molecule has 0 amide bonds. The first-order valence-electron chi connectivity index (χ1n) is 20.9. The van der Waals surface area contributed by atoms with Crippen molar-refractivity contribution >= 4 is 17.7 Å². The van der Waals surface area contributed by atoms with Gasteiger partial charge in [-0.1, -0.05) is 53.2 Å². The van der Waals surface area contributed by atoms with Crippen LogP contribution in [0.15, 0.2) is 34.6 Å². The van der Waals surface area contributed by atoms with Gasteiger partial charge in [-0.05, 0) is 123 Å². The van der Waals surface area contributed by atoms with E-state index in [4.69, 9.17) is 9.47 Å². The minimum Gasteiger partial charge on any atom is -0.464 e. The van der Waals surface area contributed by atoms with Gasteiger partial charge in [-0.25, -0.2) is 0 Å². The van der Waals surface area contributed by atoms with Gasteiger partial charge in [0.2, 0.25) is 0 Å². The number of pyridine rings is 1. The van der Waals surface area contributed by atoms with E-state index in [1.54, 1.807) is 6.07 Å². The monoisotopic (exact) mass is 728 g/mol. The van der Waals surface area contributed by atoms with Crippen molar-refractivity contribution in [1.29, 1.82) is 0 Å². The molecule has 3 heterocycles. The number of carbonyl (C=O) groups excluding carboxylic acids is 3. The maximum absolute atomic E-state index is 14.8. The number of esters is 2. The zero-order valence-corrected chi connectivity index (χ0v) is 33.7. The number of rotatable bonds is 5. The van der Waals surface area contributed by atoms with Gasteiger partial charge < -0.3 is 14.0 Å². The van der Waals surface area contributed by atoms with Crippen molar-refractivity contribution in [3.8, 4) is 0 Å². The van der Waals surface area contributed by atoms with Gasteiger partial charge in [0.25, 0.3) is 5.56 Å². The average molecular weight is 729 g/mol. The van der Waals surface area contributed by atoms with Crippen LogP contribution in [0.3, 0.4) is 0 Å². The Labute approximate surface area is 316 Å². The van der Waals surface area contributed by atoms with Crippen LogP contribution in [0.25, 0.3) is 0 Å². The molecule has 0 aromatic carbocycles. The SMILES string of the molecule is CC(=O)OC1CC[C@]2(C)[C@H]3C(=O)C=C4[C@@H]5CC(C)(C(=O)OCCN6C[C@H]7C[C@@H](C6)c6cccc(=O)n6C7)CC[C@]5(C)CC[C@@]4(C)[C@]3(C)CC[C@H]2C1(C)C. The summed E-state index contributed by atoms with van der Waals surface area (Å²) in [6.07, 6.45) is 11.5. The molecule has 2 aliphatic heterocycles. The van der Waals surface area contributed by atoms with Crippen LogP contribution in [0.2, 0.25) is 0 Å². The molecule has 11 atom stereocenters. The van der Waals surface area contributed by atoms with Crippen LogP contribution in [0, 0.1) is 56.2 Å². The Bertz CT molecular complexity index is 1800. The van der Waals surface area contributed by atoms with E-state index in [0.29, 0.717) is 30.9 Å². The van der Waals surface area contributed by atoms with Gasteiger partial charge in [-0.2, -0.15) is 0 Å². The van der Waals surface area contributed by atoms with Gasteiger partial charge in [-0.3, -0.25) is 24.1 Å². The highest BCUT2D eigenvalue weighted by molar-refractivity contribution is 5.95. The van der Waals surface area contributed by atoms with Crippen molar-refractivity contribution in [2.75, 3.05) is 26.2 Å². The van der Waals surface area contributed by atoms with Gasteiger partial charge in [0.05, 0.1) is 5.41 Å². The van der Waals surface area contributed by atoms with Gasteiger partial charge in [0, 0.05) is 62.1 Å². The minimum atomic E-state index is -0.592. The quantitative estimate of drug-likeness (QED) is 0.287. The van der Waals surface area contributed by atoms with Crippen molar-refractivity contribution < 1.29 is 23.9 Å². The number of aromatic nitrogens is 1. The van der Waals surface area contributed by atoms with Crippen LogP contribution in [0.5, 0.6) is 0 Å². The molecule has 0 radical (unpaired) electrons. The smallest absolute Gasteiger partial charge is 0.311 e. The summed E-state index contributed by atoms with van der Waals surface area (Å²) < 4.78 is 14.0. The van der Waals surface area contributed by atoms with Crippen LogP contribution in [-0.2, 0) is 30.4 Å². The zero-order chi connectivity index (χ0) is 37.9. The van der Waals surface area contributed by atoms with Crippen LogP contribution in [-0.4, -0.2) is 59.5 Å². The lowest BCUT2D eigenvalue weighted by Crippen LogP contribution is -2.66. The molecule has 1 aromatic heterocycles. The molecule has 5 aliphatic carbocycles. The minimum absolute atomic E-state index is 0.0592. The number of ketones is 1. The second kappa shape index (κ2) is 12.4. The third-order valence-corrected chi connectivity index (χ3v) is 17.5. The number of nitrogens with zero attached hydrogens (tertiary/aromatic N) is 2. The number of piperidine rings is 1. The molecule has 2 unspecified atom stereocenters. The Hall–Kier alpha value is -2.74. The lowest BCUT2D eigenvalue weighted by molar-refractivity contribution is -0.210. The van der Waals surface area contributed by atoms with Crippen LogP contribution >= 0.6 is 0 Å². The Kier molecular flexibility index (Phi) is 8.69. The van der Waals surface area contributed by atoms with Crippen molar-refractivity contribution in [2.24, 2.45) is 56.2 Å². The van der Waals surface area contributed by atoms with Crippen molar-refractivity contribution in [1.82, 2.24) is 9.47 Å². The molecular weight excluding hydrogens is 665 g/mol. The fourth-order valence-corrected chi connectivity index (χ4v) is 14.4. The molecule has 2 bridgehead atoms. The van der Waals surface area contributed by atoms with Crippen LogP contribution in [0.1, 0.15) is 131 Å². The maximum Gasteiger partial charge on any atom is 0.311 e. The Morgan fingerprint density at radius 2 is 1.64 bits per heavy atom. The number of likely N-dealkylation sites (tertiary alicyclic amines) is 1. The van der Waals surface area contributed by atoms with Crippen LogP contribution in [0.4, 0.5) is 0 Å². The van der Waals surface area contributed by atoms with E-state index in [2.05, 4.69) is 65.5 Å². The van der Waals surface area contributed by atoms with Gasteiger partial charge in [0.1, 0.15) is 12.7 Å². The van der Waals surface area contributed by atoms with Gasteiger partial charge in [0.15, 0.2) is 5.78 Å². The molecule has 290 valence electrons. The molecule has 1 saturated heterocycles. The number of fused-ring (bicyclic) bond motifs is 11. The average Bonchev–Trinajstić information content (AvgIpc) is 3.08. The zero-order valence-electron chi connectivity index (χ0n) is 33.7. The molecule has 53 heavy (non-hydrogen) atoms. The van der Waals surface area contributed by atoms with Crippen LogP contribution < -0.4 is 5.56 Å². The lowest BCUT2D eigenvalue weighted by atomic mass is 9.33. The summed E-state index contributed by atoms with van der Waals surface area (Å²) >= 11 is 0. The lowest BCUT2D eigenvalue weighted by Gasteiger charge is -2.70. The molecule has 0 spiro atoms. The summed E-state index contributed by atoms with van der Waals surface area (Å²) in [7, 11) is 0.